The van der Waals surface area contributed by atoms with E-state index in [1.807, 2.05) is 19.9 Å². The molecule has 1 aromatic rings. The quantitative estimate of drug-likeness (QED) is 0.585. The molecule has 0 bridgehead atoms. The smallest absolute Gasteiger partial charge is 0.197 e. The molecule has 6 heteroatoms. The number of hydrogen-bond acceptors (Lipinski definition) is 6. The number of hydrogen-bond donors (Lipinski definition) is 0. The molecule has 0 aromatic heterocycles. The Morgan fingerprint density at radius 3 is 2.46 bits per heavy atom. The Balaban J connectivity index is 1.84. The predicted molar refractivity (Wildman–Crippen MR) is 96.5 cm³/mol. The highest BCUT2D eigenvalue weighted by molar-refractivity contribution is 7.99. The number of rotatable bonds is 2. The lowest BCUT2D eigenvalue weighted by molar-refractivity contribution is -0.170. The van der Waals surface area contributed by atoms with E-state index in [2.05, 4.69) is 0 Å². The van der Waals surface area contributed by atoms with Crippen molar-refractivity contribution in [3.63, 3.8) is 0 Å². The largest absolute Gasteiger partial charge is 0.343 e. The summed E-state index contributed by atoms with van der Waals surface area (Å²) in [6.07, 6.45) is 1.88. The first-order valence-corrected chi connectivity index (χ1v) is 10.1. The molecule has 2 fully saturated rings. The van der Waals surface area contributed by atoms with Gasteiger partial charge in [0, 0.05) is 41.0 Å². The van der Waals surface area contributed by atoms with Gasteiger partial charge in [0.15, 0.2) is 23.1 Å². The number of ether oxygens (including phenoxy) is 2. The molecule has 1 saturated carbocycles. The minimum atomic E-state index is -1.14. The summed E-state index contributed by atoms with van der Waals surface area (Å²) in [5, 5.41) is 0. The van der Waals surface area contributed by atoms with Crippen LogP contribution < -0.4 is 0 Å². The Labute approximate surface area is 156 Å². The van der Waals surface area contributed by atoms with E-state index in [1.54, 1.807) is 11.8 Å². The second-order valence-corrected chi connectivity index (χ2v) is 8.31. The van der Waals surface area contributed by atoms with Gasteiger partial charge in [0.1, 0.15) is 5.92 Å². The topological polar surface area (TPSA) is 69.7 Å². The first kappa shape index (κ1) is 17.9. The Morgan fingerprint density at radius 1 is 1.15 bits per heavy atom. The van der Waals surface area contributed by atoms with E-state index in [0.29, 0.717) is 38.0 Å². The number of aryl methyl sites for hydroxylation is 1. The van der Waals surface area contributed by atoms with Gasteiger partial charge in [0.2, 0.25) is 0 Å². The maximum Gasteiger partial charge on any atom is 0.197 e. The third-order valence-corrected chi connectivity index (χ3v) is 6.78. The van der Waals surface area contributed by atoms with Crippen molar-refractivity contribution in [1.82, 2.24) is 0 Å². The zero-order valence-electron chi connectivity index (χ0n) is 15.1. The van der Waals surface area contributed by atoms with Gasteiger partial charge in [-0.3, -0.25) is 14.4 Å². The monoisotopic (exact) mass is 374 g/mol. The number of carbonyl (C=O) groups excluding carboxylic acids is 3. The number of carbonyl (C=O) groups is 3. The van der Waals surface area contributed by atoms with E-state index >= 15 is 0 Å². The van der Waals surface area contributed by atoms with E-state index < -0.39 is 11.7 Å². The van der Waals surface area contributed by atoms with Crippen LogP contribution in [-0.4, -0.2) is 36.3 Å². The number of benzene rings is 1. The van der Waals surface area contributed by atoms with E-state index in [1.165, 1.54) is 0 Å². The molecule has 1 spiro atoms. The normalized spacial score (nSPS) is 22.7. The molecule has 2 heterocycles. The average molecular weight is 374 g/mol. The van der Waals surface area contributed by atoms with Gasteiger partial charge in [-0.25, -0.2) is 0 Å². The molecule has 5 nitrogen and oxygen atoms in total. The molecular weight excluding hydrogens is 352 g/mol. The van der Waals surface area contributed by atoms with Crippen LogP contribution in [0.5, 0.6) is 0 Å². The van der Waals surface area contributed by atoms with E-state index in [0.717, 1.165) is 33.8 Å². The molecular formula is C20H22O5S. The zero-order valence-corrected chi connectivity index (χ0v) is 15.9. The summed E-state index contributed by atoms with van der Waals surface area (Å²) in [5.41, 5.74) is 3.10. The predicted octanol–water partition coefficient (Wildman–Crippen LogP) is 3.12. The molecule has 0 atom stereocenters. The zero-order chi connectivity index (χ0) is 18.5. The fourth-order valence-electron chi connectivity index (χ4n) is 4.30. The maximum atomic E-state index is 13.2. The van der Waals surface area contributed by atoms with Crippen LogP contribution in [0, 0.1) is 19.8 Å². The van der Waals surface area contributed by atoms with Crippen LogP contribution in [0.4, 0.5) is 0 Å². The SMILES string of the molecule is Cc1cc(C(=O)C2C(=O)CCCC2=O)c(C)c2c1SCCC21OCCO1. The summed E-state index contributed by atoms with van der Waals surface area (Å²) in [7, 11) is 0. The Bertz CT molecular complexity index is 791. The third-order valence-electron chi connectivity index (χ3n) is 5.56. The molecule has 2 aliphatic heterocycles. The van der Waals surface area contributed by atoms with Gasteiger partial charge in [0.05, 0.1) is 13.2 Å². The molecule has 26 heavy (non-hydrogen) atoms. The lowest BCUT2D eigenvalue weighted by Gasteiger charge is -2.36. The summed E-state index contributed by atoms with van der Waals surface area (Å²) in [5.74, 6) is -1.92. The summed E-state index contributed by atoms with van der Waals surface area (Å²) in [6, 6.07) is 1.83. The highest BCUT2D eigenvalue weighted by Crippen LogP contribution is 2.49. The van der Waals surface area contributed by atoms with Crippen LogP contribution in [0.2, 0.25) is 0 Å². The molecule has 0 N–H and O–H groups in total. The molecule has 3 aliphatic rings. The first-order valence-electron chi connectivity index (χ1n) is 9.09. The highest BCUT2D eigenvalue weighted by atomic mass is 32.2. The number of ketones is 3. The molecule has 1 aliphatic carbocycles. The van der Waals surface area contributed by atoms with Crippen molar-refractivity contribution in [1.29, 1.82) is 0 Å². The molecule has 0 radical (unpaired) electrons. The van der Waals surface area contributed by atoms with Crippen molar-refractivity contribution in [2.75, 3.05) is 19.0 Å². The first-order chi connectivity index (χ1) is 12.4. The fraction of sp³-hybridized carbons (Fsp3) is 0.550. The van der Waals surface area contributed by atoms with Crippen molar-refractivity contribution in [3.05, 3.63) is 28.3 Å². The van der Waals surface area contributed by atoms with Gasteiger partial charge in [0.25, 0.3) is 0 Å². The molecule has 0 amide bonds. The van der Waals surface area contributed by atoms with Gasteiger partial charge in [-0.2, -0.15) is 0 Å². The fourth-order valence-corrected chi connectivity index (χ4v) is 5.62. The van der Waals surface area contributed by atoms with Crippen molar-refractivity contribution in [3.8, 4) is 0 Å². The lowest BCUT2D eigenvalue weighted by atomic mass is 9.79. The van der Waals surface area contributed by atoms with Crippen molar-refractivity contribution >= 4 is 29.1 Å². The standard InChI is InChI=1S/C20H22O5S/c1-11-10-13(18(23)16-14(21)4-3-5-15(16)22)12(2)17-19(11)26-9-6-20(17)24-7-8-25-20/h10,16H,3-9H2,1-2H3. The van der Waals surface area contributed by atoms with Gasteiger partial charge >= 0.3 is 0 Å². The summed E-state index contributed by atoms with van der Waals surface area (Å²) >= 11 is 1.74. The van der Waals surface area contributed by atoms with Crippen LogP contribution >= 0.6 is 11.8 Å². The van der Waals surface area contributed by atoms with E-state index in [-0.39, 0.29) is 17.3 Å². The van der Waals surface area contributed by atoms with Crippen molar-refractivity contribution in [2.24, 2.45) is 5.92 Å². The average Bonchev–Trinajstić information content (AvgIpc) is 3.06. The highest BCUT2D eigenvalue weighted by Gasteiger charge is 2.46. The molecule has 4 rings (SSSR count). The third kappa shape index (κ3) is 2.66. The van der Waals surface area contributed by atoms with Gasteiger partial charge < -0.3 is 9.47 Å². The maximum absolute atomic E-state index is 13.2. The van der Waals surface area contributed by atoms with Crippen LogP contribution in [0.15, 0.2) is 11.0 Å². The molecule has 0 unspecified atom stereocenters. The Morgan fingerprint density at radius 2 is 1.81 bits per heavy atom. The van der Waals surface area contributed by atoms with Crippen molar-refractivity contribution in [2.45, 2.75) is 50.2 Å². The second-order valence-electron chi connectivity index (χ2n) is 7.20. The lowest BCUT2D eigenvalue weighted by Crippen LogP contribution is -2.37. The minimum Gasteiger partial charge on any atom is -0.343 e. The summed E-state index contributed by atoms with van der Waals surface area (Å²) < 4.78 is 12.0. The number of Topliss-reactive ketones (excluding diaryl/α,β-unsaturated/α-hetero) is 3. The minimum absolute atomic E-state index is 0.251. The van der Waals surface area contributed by atoms with Gasteiger partial charge in [-0.1, -0.05) is 0 Å². The van der Waals surface area contributed by atoms with E-state index in [4.69, 9.17) is 9.47 Å². The molecule has 1 saturated heterocycles. The van der Waals surface area contributed by atoms with Crippen LogP contribution in [0.1, 0.15) is 52.7 Å². The van der Waals surface area contributed by atoms with E-state index in [9.17, 15) is 14.4 Å². The van der Waals surface area contributed by atoms with Gasteiger partial charge in [-0.05, 0) is 37.5 Å². The second kappa shape index (κ2) is 6.59. The Kier molecular flexibility index (Phi) is 4.53. The summed E-state index contributed by atoms with van der Waals surface area (Å²) in [4.78, 5) is 38.8. The van der Waals surface area contributed by atoms with Crippen molar-refractivity contribution < 1.29 is 23.9 Å². The molecule has 138 valence electrons. The van der Waals surface area contributed by atoms with Gasteiger partial charge in [-0.15, -0.1) is 11.8 Å². The Hall–Kier alpha value is -1.50. The number of thioether (sulfide) groups is 1. The van der Waals surface area contributed by atoms with Crippen LogP contribution in [-0.2, 0) is 24.8 Å². The summed E-state index contributed by atoms with van der Waals surface area (Å²) in [6.45, 7) is 4.89. The van der Waals surface area contributed by atoms with Crippen LogP contribution in [0.3, 0.4) is 0 Å². The molecule has 1 aromatic carbocycles. The van der Waals surface area contributed by atoms with Crippen LogP contribution in [0.25, 0.3) is 0 Å². The number of fused-ring (bicyclic) bond motifs is 2.